The fourth-order valence-electron chi connectivity index (χ4n) is 9.47. The van der Waals surface area contributed by atoms with E-state index in [1.807, 2.05) is 116 Å². The first-order valence-electron chi connectivity index (χ1n) is 26.4. The summed E-state index contributed by atoms with van der Waals surface area (Å²) in [5.41, 5.74) is 5.23. The van der Waals surface area contributed by atoms with Crippen LogP contribution in [-0.2, 0) is 25.6 Å². The summed E-state index contributed by atoms with van der Waals surface area (Å²) in [5, 5.41) is 29.8. The smallest absolute Gasteiger partial charge is 0.352 e. The van der Waals surface area contributed by atoms with Crippen LogP contribution in [0.5, 0.6) is 11.5 Å². The maximum atomic E-state index is 13.0. The van der Waals surface area contributed by atoms with E-state index >= 15 is 0 Å². The summed E-state index contributed by atoms with van der Waals surface area (Å²) in [6.07, 6.45) is 8.36. The first kappa shape index (κ1) is 60.2. The molecule has 418 valence electrons. The number of hydrogen-bond donors (Lipinski definition) is 3. The van der Waals surface area contributed by atoms with Crippen LogP contribution in [-0.4, -0.2) is 69.3 Å². The van der Waals surface area contributed by atoms with E-state index in [2.05, 4.69) is 15.8 Å². The second-order valence-corrected chi connectivity index (χ2v) is 20.0. The highest BCUT2D eigenvalue weighted by Crippen LogP contribution is 2.54. The number of nitrogens with one attached hydrogen (secondary N) is 2. The molecule has 2 fully saturated rings. The lowest BCUT2D eigenvalue weighted by molar-refractivity contribution is -0.384. The molecule has 0 spiro atoms. The highest BCUT2D eigenvalue weighted by atomic mass is 16.6. The third-order valence-electron chi connectivity index (χ3n) is 14.1. The number of nitroso groups, excluding NO2 is 1. The number of rotatable bonds is 19. The quantitative estimate of drug-likeness (QED) is 0.00652. The van der Waals surface area contributed by atoms with Gasteiger partial charge < -0.3 is 29.6 Å². The number of aliphatic carboxylic acids is 1. The van der Waals surface area contributed by atoms with Crippen molar-refractivity contribution >= 4 is 52.0 Å². The first-order valence-corrected chi connectivity index (χ1v) is 26.4. The van der Waals surface area contributed by atoms with Gasteiger partial charge in [-0.1, -0.05) is 87.4 Å². The summed E-state index contributed by atoms with van der Waals surface area (Å²) < 4.78 is 17.7. The Morgan fingerprint density at radius 3 is 2.23 bits per heavy atom. The number of hydrogen-bond acceptors (Lipinski definition) is 13. The molecule has 2 aliphatic carbocycles. The number of carbonyl (C=O) groups excluding carboxylic acids is 4. The van der Waals surface area contributed by atoms with Crippen molar-refractivity contribution in [3.8, 4) is 33.9 Å². The minimum Gasteiger partial charge on any atom is -0.492 e. The standard InChI is InChI=1S/C38H29N3O9.C22H32N2O4.C2H6/c1-22-3-5-24(6-4-22)16-36(43)49-30-9-12-33-35(21-30)50-34-20-28(42)7-10-32(34)37(33)31-11-8-29(15-23(31)2)48-14-13-39-38(44)25-17-26(40-45)19-27(18-25)41(46)47;1-7-9-10-14(3)13-17(25)23-22(6)15(4)24(20(22)28)18(19(26)27)16(8-2)21(5)11-12-21;1-2/h3-12,15,17-21H,13-14,16H2,1-2H3,(H,39,44);7,9-10,15H,8,11-13H2,1-6H3,(H,23,25)(H,26,27);1-2H3/b;9-7-,14-10+,18-16-;/t;15?,22-;/m.0./s1. The highest BCUT2D eigenvalue weighted by Gasteiger charge is 2.59. The molecule has 1 saturated carbocycles. The molecule has 2 atom stereocenters. The predicted octanol–water partition coefficient (Wildman–Crippen LogP) is 12.0. The normalized spacial score (nSPS) is 16.5. The molecule has 3 amide bonds. The molecule has 80 heavy (non-hydrogen) atoms. The van der Waals surface area contributed by atoms with Gasteiger partial charge in [-0.3, -0.25) is 39.0 Å². The number of esters is 1. The van der Waals surface area contributed by atoms with Gasteiger partial charge in [0, 0.05) is 52.8 Å². The Bertz CT molecular complexity index is 3480. The van der Waals surface area contributed by atoms with Gasteiger partial charge >= 0.3 is 11.9 Å². The molecule has 2 heterocycles. The van der Waals surface area contributed by atoms with Crippen LogP contribution in [0.4, 0.5) is 11.4 Å². The van der Waals surface area contributed by atoms with E-state index in [0.29, 0.717) is 29.3 Å². The van der Waals surface area contributed by atoms with Gasteiger partial charge in [0.05, 0.1) is 23.9 Å². The summed E-state index contributed by atoms with van der Waals surface area (Å²) in [7, 11) is 0. The molecular formula is C62H67N5O13. The average molecular weight is 1090 g/mol. The van der Waals surface area contributed by atoms with Gasteiger partial charge in [-0.15, -0.1) is 4.91 Å². The number of nitrogens with zero attached hydrogens (tertiary/aromatic N) is 3. The van der Waals surface area contributed by atoms with Crippen LogP contribution in [0.2, 0.25) is 0 Å². The van der Waals surface area contributed by atoms with Crippen LogP contribution in [0, 0.1) is 34.3 Å². The van der Waals surface area contributed by atoms with Crippen molar-refractivity contribution in [3.63, 3.8) is 0 Å². The number of likely N-dealkylation sites (tertiary alicyclic amines) is 1. The Morgan fingerprint density at radius 1 is 0.925 bits per heavy atom. The van der Waals surface area contributed by atoms with Crippen LogP contribution < -0.4 is 25.5 Å². The molecule has 0 radical (unpaired) electrons. The number of ether oxygens (including phenoxy) is 2. The van der Waals surface area contributed by atoms with E-state index in [1.165, 1.54) is 23.1 Å². The number of nitro groups is 1. The Hall–Kier alpha value is -9.06. The minimum atomic E-state index is -1.10. The van der Waals surface area contributed by atoms with Crippen molar-refractivity contribution < 1.29 is 47.9 Å². The number of aryl methyl sites for hydroxylation is 2. The van der Waals surface area contributed by atoms with Gasteiger partial charge in [-0.25, -0.2) is 4.79 Å². The number of carbonyl (C=O) groups is 5. The minimum absolute atomic E-state index is 0.0697. The Balaban J connectivity index is 0.000000292. The second kappa shape index (κ2) is 26.1. The number of carboxylic acids is 1. The molecule has 8 rings (SSSR count). The Labute approximate surface area is 464 Å². The number of β-lactam (4-membered cyclic amide) rings is 1. The third kappa shape index (κ3) is 14.0. The van der Waals surface area contributed by atoms with E-state index in [4.69, 9.17) is 13.9 Å². The summed E-state index contributed by atoms with van der Waals surface area (Å²) >= 11 is 0. The van der Waals surface area contributed by atoms with Gasteiger partial charge in [-0.2, -0.15) is 0 Å². The van der Waals surface area contributed by atoms with E-state index < -0.39 is 40.0 Å². The van der Waals surface area contributed by atoms with Crippen molar-refractivity contribution in [3.05, 3.63) is 180 Å². The van der Waals surface area contributed by atoms with Crippen molar-refractivity contribution in [2.75, 3.05) is 13.2 Å². The number of allylic oxidation sites excluding steroid dienone is 4. The summed E-state index contributed by atoms with van der Waals surface area (Å²) in [5.74, 6) is -1.52. The van der Waals surface area contributed by atoms with Crippen LogP contribution in [0.1, 0.15) is 108 Å². The van der Waals surface area contributed by atoms with Crippen molar-refractivity contribution in [1.82, 2.24) is 15.5 Å². The zero-order chi connectivity index (χ0) is 58.6. The van der Waals surface area contributed by atoms with Gasteiger partial charge in [0.15, 0.2) is 5.43 Å². The molecule has 1 saturated heterocycles. The van der Waals surface area contributed by atoms with E-state index in [-0.39, 0.29) is 65.6 Å². The monoisotopic (exact) mass is 1090 g/mol. The number of amides is 3. The van der Waals surface area contributed by atoms with Crippen molar-refractivity contribution in [2.24, 2.45) is 10.6 Å². The summed E-state index contributed by atoms with van der Waals surface area (Å²) in [4.78, 5) is 97.7. The molecule has 2 aliphatic heterocycles. The lowest BCUT2D eigenvalue weighted by Crippen LogP contribution is -2.77. The largest absolute Gasteiger partial charge is 0.492 e. The molecule has 3 N–H and O–H groups in total. The third-order valence-corrected chi connectivity index (χ3v) is 14.1. The van der Waals surface area contributed by atoms with Gasteiger partial charge in [0.1, 0.15) is 46.4 Å². The van der Waals surface area contributed by atoms with E-state index in [1.54, 1.807) is 38.1 Å². The SMILES string of the molecule is C/C=C\C=C(/C)CC(=O)N[C@]1(C)C(=O)N(/C(C(=O)O)=C(/CC)C2(C)CC2)C1C.CC.Cc1ccc(CC(=O)Oc2ccc3c(-c4ccc(OCCNC(=O)c5cc(N=O)cc([N+](=O)[O-])c5)cc4C)c4ccc(=O)cc-4oc3c2)cc1. The van der Waals surface area contributed by atoms with Gasteiger partial charge in [-0.05, 0) is 136 Å². The Morgan fingerprint density at radius 2 is 1.61 bits per heavy atom. The number of nitro benzene ring substituents is 1. The van der Waals surface area contributed by atoms with Crippen LogP contribution in [0.3, 0.4) is 0 Å². The van der Waals surface area contributed by atoms with Crippen molar-refractivity contribution in [2.45, 2.75) is 113 Å². The van der Waals surface area contributed by atoms with Crippen LogP contribution >= 0.6 is 0 Å². The second-order valence-electron chi connectivity index (χ2n) is 20.0. The fraction of sp³-hybridized carbons (Fsp3) is 0.323. The topological polar surface area (TPSA) is 254 Å². The molecule has 0 bridgehead atoms. The maximum Gasteiger partial charge on any atom is 0.352 e. The molecular weight excluding hydrogens is 1020 g/mol. The zero-order valence-electron chi connectivity index (χ0n) is 46.7. The number of benzene rings is 5. The van der Waals surface area contributed by atoms with E-state index in [9.17, 15) is 48.9 Å². The Kier molecular flexibility index (Phi) is 19.6. The van der Waals surface area contributed by atoms with Gasteiger partial charge in [0.2, 0.25) is 5.91 Å². The van der Waals surface area contributed by atoms with Crippen LogP contribution in [0.25, 0.3) is 33.4 Å². The molecule has 18 heteroatoms. The number of fused-ring (bicyclic) bond motifs is 2. The molecule has 4 aliphatic rings. The number of carboxylic acid groups (broad SMARTS) is 1. The average Bonchev–Trinajstić information content (AvgIpc) is 4.32. The molecule has 0 aromatic heterocycles. The summed E-state index contributed by atoms with van der Waals surface area (Å²) in [6.45, 7) is 19.2. The zero-order valence-corrected chi connectivity index (χ0v) is 46.7. The molecule has 4 aromatic carbocycles. The molecule has 18 nitrogen and oxygen atoms in total. The first-order chi connectivity index (χ1) is 38.1. The van der Waals surface area contributed by atoms with Crippen LogP contribution in [0.15, 0.2) is 147 Å². The summed E-state index contributed by atoms with van der Waals surface area (Å²) in [6, 6.07) is 25.7. The fourth-order valence-corrected chi connectivity index (χ4v) is 9.47. The predicted molar refractivity (Wildman–Crippen MR) is 306 cm³/mol. The van der Waals surface area contributed by atoms with Crippen molar-refractivity contribution in [1.29, 1.82) is 0 Å². The van der Waals surface area contributed by atoms with Gasteiger partial charge in [0.25, 0.3) is 17.5 Å². The molecule has 4 aromatic rings. The number of non-ortho nitro benzene ring substituents is 1. The maximum absolute atomic E-state index is 13.0. The lowest BCUT2D eigenvalue weighted by atomic mass is 9.79. The highest BCUT2D eigenvalue weighted by molar-refractivity contribution is 6.05. The molecule has 1 unspecified atom stereocenters. The van der Waals surface area contributed by atoms with E-state index in [0.717, 1.165) is 74.9 Å². The lowest BCUT2D eigenvalue weighted by Gasteiger charge is -2.53.